The summed E-state index contributed by atoms with van der Waals surface area (Å²) in [5, 5.41) is 55.0. The van der Waals surface area contributed by atoms with Gasteiger partial charge in [-0.3, -0.25) is 4.79 Å². The van der Waals surface area contributed by atoms with Crippen LogP contribution >= 0.6 is 0 Å². The molecule has 9 heteroatoms. The summed E-state index contributed by atoms with van der Waals surface area (Å²) in [5.41, 5.74) is 0. The summed E-state index contributed by atoms with van der Waals surface area (Å²) < 4.78 is 11.4. The molecular weight excluding hydrogens is 1090 g/mol. The molecule has 7 unspecified atom stereocenters. The van der Waals surface area contributed by atoms with Gasteiger partial charge in [0.15, 0.2) is 6.29 Å². The average molecular weight is 1230 g/mol. The lowest BCUT2D eigenvalue weighted by molar-refractivity contribution is -0.302. The van der Waals surface area contributed by atoms with Crippen molar-refractivity contribution in [2.75, 3.05) is 13.2 Å². The molecule has 0 saturated carbocycles. The summed E-state index contributed by atoms with van der Waals surface area (Å²) in [6.07, 6.45) is 91.6. The maximum atomic E-state index is 13.2. The van der Waals surface area contributed by atoms with E-state index in [1.807, 2.05) is 0 Å². The van der Waals surface area contributed by atoms with Crippen LogP contribution in [0.1, 0.15) is 328 Å². The van der Waals surface area contributed by atoms with E-state index in [4.69, 9.17) is 9.47 Å². The Hall–Kier alpha value is -3.15. The van der Waals surface area contributed by atoms with E-state index in [9.17, 15) is 30.3 Å². The number of aliphatic hydroxyl groups excluding tert-OH is 5. The zero-order chi connectivity index (χ0) is 63.5. The Morgan fingerprint density at radius 3 is 1.05 bits per heavy atom. The second-order valence-corrected chi connectivity index (χ2v) is 25.4. The fraction of sp³-hybridized carbons (Fsp3) is 0.759. The van der Waals surface area contributed by atoms with Gasteiger partial charge in [0.05, 0.1) is 25.4 Å². The van der Waals surface area contributed by atoms with Crippen LogP contribution < -0.4 is 5.32 Å². The number of aliphatic hydroxyl groups is 5. The lowest BCUT2D eigenvalue weighted by Crippen LogP contribution is -2.60. The minimum atomic E-state index is -1.56. The zero-order valence-corrected chi connectivity index (χ0v) is 57.0. The van der Waals surface area contributed by atoms with Crippen molar-refractivity contribution in [1.29, 1.82) is 0 Å². The third-order valence-corrected chi connectivity index (χ3v) is 17.1. The highest BCUT2D eigenvalue weighted by molar-refractivity contribution is 5.76. The molecule has 1 amide bonds. The molecule has 9 nitrogen and oxygen atoms in total. The van der Waals surface area contributed by atoms with Crippen LogP contribution in [0.25, 0.3) is 0 Å². The van der Waals surface area contributed by atoms with Crippen molar-refractivity contribution in [2.45, 2.75) is 371 Å². The molecule has 0 aliphatic carbocycles. The predicted octanol–water partition coefficient (Wildman–Crippen LogP) is 20.8. The van der Waals surface area contributed by atoms with Gasteiger partial charge in [-0.1, -0.05) is 348 Å². The smallest absolute Gasteiger partial charge is 0.220 e. The number of carbonyl (C=O) groups is 1. The summed E-state index contributed by atoms with van der Waals surface area (Å²) in [6, 6.07) is -0.727. The topological polar surface area (TPSA) is 149 Å². The molecule has 1 aliphatic heterocycles. The minimum Gasteiger partial charge on any atom is -0.394 e. The Kier molecular flexibility index (Phi) is 62.9. The molecule has 0 bridgehead atoms. The Bertz CT molecular complexity index is 1760. The first kappa shape index (κ1) is 82.9. The van der Waals surface area contributed by atoms with E-state index >= 15 is 0 Å². The lowest BCUT2D eigenvalue weighted by atomic mass is 9.99. The number of allylic oxidation sites excluding steroid dienone is 18. The molecule has 1 heterocycles. The summed E-state index contributed by atoms with van der Waals surface area (Å²) >= 11 is 0. The normalized spacial score (nSPS) is 18.6. The van der Waals surface area contributed by atoms with Crippen molar-refractivity contribution in [1.82, 2.24) is 5.32 Å². The van der Waals surface area contributed by atoms with Crippen LogP contribution in [-0.2, 0) is 14.3 Å². The second-order valence-electron chi connectivity index (χ2n) is 25.4. The van der Waals surface area contributed by atoms with E-state index in [0.717, 1.165) is 96.3 Å². The van der Waals surface area contributed by atoms with Crippen molar-refractivity contribution in [3.05, 3.63) is 109 Å². The van der Waals surface area contributed by atoms with Crippen LogP contribution in [-0.4, -0.2) is 87.5 Å². The summed E-state index contributed by atoms with van der Waals surface area (Å²) in [6.45, 7) is 3.76. The molecule has 7 atom stereocenters. The van der Waals surface area contributed by atoms with Crippen LogP contribution in [0, 0.1) is 0 Å². The van der Waals surface area contributed by atoms with Crippen molar-refractivity contribution >= 4 is 5.91 Å². The van der Waals surface area contributed by atoms with E-state index in [1.54, 1.807) is 0 Å². The monoisotopic (exact) mass is 1230 g/mol. The Morgan fingerprint density at radius 1 is 0.398 bits per heavy atom. The number of hydrogen-bond donors (Lipinski definition) is 6. The second kappa shape index (κ2) is 66.8. The fourth-order valence-electron chi connectivity index (χ4n) is 11.4. The molecule has 1 saturated heterocycles. The maximum Gasteiger partial charge on any atom is 0.220 e. The van der Waals surface area contributed by atoms with Crippen LogP contribution in [0.15, 0.2) is 109 Å². The lowest BCUT2D eigenvalue weighted by Gasteiger charge is -2.40. The summed E-state index contributed by atoms with van der Waals surface area (Å²) in [4.78, 5) is 13.2. The van der Waals surface area contributed by atoms with Crippen LogP contribution in [0.5, 0.6) is 0 Å². The minimum absolute atomic E-state index is 0.140. The van der Waals surface area contributed by atoms with Gasteiger partial charge in [-0.05, 0) is 83.5 Å². The quantitative estimate of drug-likeness (QED) is 0.0261. The number of hydrogen-bond acceptors (Lipinski definition) is 8. The first-order valence-electron chi connectivity index (χ1n) is 37.1. The molecule has 1 fully saturated rings. The number of rotatable bonds is 64. The van der Waals surface area contributed by atoms with Crippen molar-refractivity contribution < 1.29 is 39.8 Å². The van der Waals surface area contributed by atoms with Crippen LogP contribution in [0.3, 0.4) is 0 Å². The van der Waals surface area contributed by atoms with Gasteiger partial charge in [0.2, 0.25) is 5.91 Å². The highest BCUT2D eigenvalue weighted by Crippen LogP contribution is 2.24. The van der Waals surface area contributed by atoms with Gasteiger partial charge in [-0.15, -0.1) is 0 Å². The molecule has 6 N–H and O–H groups in total. The number of nitrogens with one attached hydrogen (secondary N) is 1. The third-order valence-electron chi connectivity index (χ3n) is 17.1. The molecule has 0 aromatic rings. The van der Waals surface area contributed by atoms with Gasteiger partial charge < -0.3 is 40.3 Å². The van der Waals surface area contributed by atoms with E-state index < -0.39 is 49.5 Å². The van der Waals surface area contributed by atoms with Gasteiger partial charge in [-0.2, -0.15) is 0 Å². The van der Waals surface area contributed by atoms with Gasteiger partial charge in [0.25, 0.3) is 0 Å². The number of amides is 1. The number of unbranched alkanes of at least 4 members (excludes halogenated alkanes) is 36. The standard InChI is InChI=1S/C79H139NO8/c1-3-5-7-9-11-13-15-17-19-21-23-25-27-29-30-31-32-33-34-35-36-37-38-39-40-41-42-43-44-45-47-49-51-53-55-57-59-61-63-65-67-69-75(83)80-72(71-87-79-78(86)77(85)76(84)74(70-81)88-79)73(82)68-66-64-62-60-58-56-54-52-50-48-46-28-26-24-22-20-18-16-14-12-10-8-6-4-2/h5,7,11,13,17,19,23,25,29-30,32-33,35-36,38-39,41-42,72-74,76-79,81-82,84-86H,3-4,6,8-10,12,14-16,18,20-22,24,26-28,31,34,37,40,43-71H2,1-2H3,(H,80,83)/b7-5-,13-11-,19-17-,25-23-,30-29-,33-32-,36-35-,39-38-,42-41-. The molecule has 0 aromatic carbocycles. The van der Waals surface area contributed by atoms with Gasteiger partial charge >= 0.3 is 0 Å². The van der Waals surface area contributed by atoms with E-state index in [1.165, 1.54) is 205 Å². The SMILES string of the molecule is CC/C=C\C/C=C\C/C=C\C/C=C\C/C=C\C/C=C\C/C=C\C/C=C\C/C=C\CCCCCCCCCCCCCCCC(=O)NC(COC1OC(CO)C(O)C(O)C1O)C(O)CCCCCCCCCCCCCCCCCCCCCCCCCC. The Balaban J connectivity index is 2.10. The highest BCUT2D eigenvalue weighted by atomic mass is 16.7. The third kappa shape index (κ3) is 54.6. The maximum absolute atomic E-state index is 13.2. The van der Waals surface area contributed by atoms with Crippen molar-refractivity contribution in [3.63, 3.8) is 0 Å². The molecule has 508 valence electrons. The molecular formula is C79H139NO8. The largest absolute Gasteiger partial charge is 0.394 e. The Labute approximate surface area is 542 Å². The van der Waals surface area contributed by atoms with E-state index in [2.05, 4.69) is 129 Å². The van der Waals surface area contributed by atoms with Gasteiger partial charge in [0, 0.05) is 6.42 Å². The van der Waals surface area contributed by atoms with Crippen molar-refractivity contribution in [3.8, 4) is 0 Å². The molecule has 0 radical (unpaired) electrons. The summed E-state index contributed by atoms with van der Waals surface area (Å²) in [7, 11) is 0. The van der Waals surface area contributed by atoms with Crippen LogP contribution in [0.4, 0.5) is 0 Å². The molecule has 0 spiro atoms. The average Bonchev–Trinajstić information content (AvgIpc) is 3.31. The number of ether oxygens (including phenoxy) is 2. The van der Waals surface area contributed by atoms with Gasteiger partial charge in [0.1, 0.15) is 24.4 Å². The van der Waals surface area contributed by atoms with Crippen molar-refractivity contribution in [2.24, 2.45) is 0 Å². The molecule has 1 rings (SSSR count). The fourth-order valence-corrected chi connectivity index (χ4v) is 11.4. The predicted molar refractivity (Wildman–Crippen MR) is 377 cm³/mol. The number of carbonyl (C=O) groups excluding carboxylic acids is 1. The first-order valence-corrected chi connectivity index (χ1v) is 37.1. The highest BCUT2D eigenvalue weighted by Gasteiger charge is 2.44. The van der Waals surface area contributed by atoms with E-state index in [-0.39, 0.29) is 12.5 Å². The molecule has 88 heavy (non-hydrogen) atoms. The molecule has 1 aliphatic rings. The Morgan fingerprint density at radius 2 is 0.705 bits per heavy atom. The zero-order valence-electron chi connectivity index (χ0n) is 57.0. The van der Waals surface area contributed by atoms with E-state index in [0.29, 0.717) is 12.8 Å². The van der Waals surface area contributed by atoms with Gasteiger partial charge in [-0.25, -0.2) is 0 Å². The molecule has 0 aromatic heterocycles. The van der Waals surface area contributed by atoms with Crippen LogP contribution in [0.2, 0.25) is 0 Å². The first-order chi connectivity index (χ1) is 43.3. The summed E-state index contributed by atoms with van der Waals surface area (Å²) in [5.74, 6) is -0.145.